The van der Waals surface area contributed by atoms with Crippen LogP contribution in [0.1, 0.15) is 23.6 Å². The molecule has 2 aromatic rings. The van der Waals surface area contributed by atoms with E-state index in [0.29, 0.717) is 24.3 Å². The van der Waals surface area contributed by atoms with Gasteiger partial charge in [0.15, 0.2) is 0 Å². The Balaban J connectivity index is 2.18. The Labute approximate surface area is 179 Å². The van der Waals surface area contributed by atoms with Crippen LogP contribution in [0.3, 0.4) is 0 Å². The van der Waals surface area contributed by atoms with Gasteiger partial charge in [0.25, 0.3) is 11.7 Å². The maximum Gasteiger partial charge on any atom is 0.295 e. The van der Waals surface area contributed by atoms with E-state index in [0.717, 1.165) is 0 Å². The second kappa shape index (κ2) is 9.19. The molecule has 1 aliphatic heterocycles. The van der Waals surface area contributed by atoms with Crippen molar-refractivity contribution >= 4 is 29.1 Å². The molecule has 8 heteroatoms. The minimum Gasteiger partial charge on any atom is -0.508 e. The van der Waals surface area contributed by atoms with E-state index in [2.05, 4.69) is 0 Å². The van der Waals surface area contributed by atoms with Crippen molar-refractivity contribution in [1.82, 2.24) is 4.90 Å². The number of hydrogen-bond acceptors (Lipinski definition) is 6. The number of benzene rings is 2. The fourth-order valence-electron chi connectivity index (χ4n) is 3.49. The molecule has 0 spiro atoms. The smallest absolute Gasteiger partial charge is 0.295 e. The number of phenolic OH excluding ortho intramolecular Hbond substituents is 1. The Bertz CT molecular complexity index is 1000. The number of aliphatic hydroxyl groups is 1. The number of ether oxygens (including phenoxy) is 2. The molecule has 3 rings (SSSR count). The molecule has 1 amide bonds. The number of methoxy groups -OCH3 is 2. The summed E-state index contributed by atoms with van der Waals surface area (Å²) in [6.45, 7) is 0.638. The van der Waals surface area contributed by atoms with Gasteiger partial charge in [-0.25, -0.2) is 0 Å². The van der Waals surface area contributed by atoms with Crippen molar-refractivity contribution in [3.05, 3.63) is 64.2 Å². The molecule has 1 atom stereocenters. The Morgan fingerprint density at radius 2 is 1.93 bits per heavy atom. The topological polar surface area (TPSA) is 96.3 Å². The van der Waals surface area contributed by atoms with Gasteiger partial charge in [-0.15, -0.1) is 0 Å². The molecule has 0 saturated carbocycles. The zero-order chi connectivity index (χ0) is 21.8. The van der Waals surface area contributed by atoms with Crippen molar-refractivity contribution in [1.29, 1.82) is 0 Å². The average Bonchev–Trinajstić information content (AvgIpc) is 2.99. The average molecular weight is 432 g/mol. The first-order valence-electron chi connectivity index (χ1n) is 9.29. The predicted octanol–water partition coefficient (Wildman–Crippen LogP) is 3.51. The van der Waals surface area contributed by atoms with Gasteiger partial charge in [0.2, 0.25) is 0 Å². The van der Waals surface area contributed by atoms with Gasteiger partial charge in [-0.2, -0.15) is 0 Å². The third-order valence-electron chi connectivity index (χ3n) is 4.90. The second-order valence-corrected chi connectivity index (χ2v) is 7.19. The normalized spacial score (nSPS) is 18.1. The van der Waals surface area contributed by atoms with Crippen LogP contribution in [-0.4, -0.2) is 54.2 Å². The van der Waals surface area contributed by atoms with Crippen molar-refractivity contribution < 1.29 is 29.3 Å². The number of aliphatic hydroxyl groups excluding tert-OH is 1. The number of ketones is 1. The van der Waals surface area contributed by atoms with Gasteiger partial charge in [0.05, 0.1) is 23.7 Å². The van der Waals surface area contributed by atoms with Crippen LogP contribution in [0.2, 0.25) is 5.02 Å². The number of amides is 1. The van der Waals surface area contributed by atoms with Crippen molar-refractivity contribution in [2.24, 2.45) is 0 Å². The predicted molar refractivity (Wildman–Crippen MR) is 112 cm³/mol. The lowest BCUT2D eigenvalue weighted by atomic mass is 9.95. The van der Waals surface area contributed by atoms with E-state index in [1.165, 1.54) is 36.3 Å². The molecule has 2 N–H and O–H groups in total. The summed E-state index contributed by atoms with van der Waals surface area (Å²) in [5, 5.41) is 21.2. The Morgan fingerprint density at radius 3 is 2.60 bits per heavy atom. The number of carbonyl (C=O) groups excluding carboxylic acids is 2. The van der Waals surface area contributed by atoms with Gasteiger partial charge < -0.3 is 24.6 Å². The van der Waals surface area contributed by atoms with Crippen LogP contribution in [0.25, 0.3) is 5.76 Å². The lowest BCUT2D eigenvalue weighted by molar-refractivity contribution is -0.140. The largest absolute Gasteiger partial charge is 0.508 e. The molecule has 2 aromatic carbocycles. The van der Waals surface area contributed by atoms with Crippen molar-refractivity contribution in [3.8, 4) is 11.5 Å². The highest BCUT2D eigenvalue weighted by Crippen LogP contribution is 2.41. The summed E-state index contributed by atoms with van der Waals surface area (Å²) in [5.41, 5.74) is 0.571. The van der Waals surface area contributed by atoms with E-state index in [9.17, 15) is 19.8 Å². The number of rotatable bonds is 7. The minimum absolute atomic E-state index is 0.0191. The summed E-state index contributed by atoms with van der Waals surface area (Å²) in [6, 6.07) is 10.0. The number of carbonyl (C=O) groups is 2. The fraction of sp³-hybridized carbons (Fsp3) is 0.273. The summed E-state index contributed by atoms with van der Waals surface area (Å²) in [4.78, 5) is 27.1. The van der Waals surface area contributed by atoms with Crippen molar-refractivity contribution in [2.45, 2.75) is 12.5 Å². The van der Waals surface area contributed by atoms with Crippen LogP contribution < -0.4 is 4.74 Å². The van der Waals surface area contributed by atoms with Gasteiger partial charge in [-0.3, -0.25) is 9.59 Å². The summed E-state index contributed by atoms with van der Waals surface area (Å²) in [6.07, 6.45) is 0.499. The number of aromatic hydroxyl groups is 1. The lowest BCUT2D eigenvalue weighted by Crippen LogP contribution is -2.31. The van der Waals surface area contributed by atoms with Crippen LogP contribution in [-0.2, 0) is 14.3 Å². The highest BCUT2D eigenvalue weighted by atomic mass is 35.5. The van der Waals surface area contributed by atoms with Gasteiger partial charge in [0, 0.05) is 25.8 Å². The summed E-state index contributed by atoms with van der Waals surface area (Å²) < 4.78 is 10.2. The Hall–Kier alpha value is -3.03. The molecular weight excluding hydrogens is 410 g/mol. The SMILES string of the molecule is COCCCN1C(=O)C(=O)/C(=C(/O)c2cc(OC)ccc2Cl)C1c1cccc(O)c1. The van der Waals surface area contributed by atoms with E-state index >= 15 is 0 Å². The van der Waals surface area contributed by atoms with Crippen LogP contribution in [0, 0.1) is 0 Å². The van der Waals surface area contributed by atoms with E-state index < -0.39 is 23.5 Å². The molecule has 1 fully saturated rings. The molecule has 0 bridgehead atoms. The third-order valence-corrected chi connectivity index (χ3v) is 5.23. The van der Waals surface area contributed by atoms with Gasteiger partial charge >= 0.3 is 0 Å². The highest BCUT2D eigenvalue weighted by molar-refractivity contribution is 6.47. The molecule has 0 aromatic heterocycles. The van der Waals surface area contributed by atoms with Gasteiger partial charge in [-0.05, 0) is 42.3 Å². The number of likely N-dealkylation sites (tertiary alicyclic amines) is 1. The molecule has 7 nitrogen and oxygen atoms in total. The molecular formula is C22H22ClNO6. The van der Waals surface area contributed by atoms with Gasteiger partial charge in [0.1, 0.15) is 17.3 Å². The molecule has 0 radical (unpaired) electrons. The van der Waals surface area contributed by atoms with Crippen molar-refractivity contribution in [2.75, 3.05) is 27.4 Å². The Morgan fingerprint density at radius 1 is 1.17 bits per heavy atom. The number of nitrogens with zero attached hydrogens (tertiary/aromatic N) is 1. The molecule has 0 aliphatic carbocycles. The summed E-state index contributed by atoms with van der Waals surface area (Å²) in [7, 11) is 3.01. The molecule has 1 aliphatic rings. The van der Waals surface area contributed by atoms with Crippen LogP contribution >= 0.6 is 11.6 Å². The summed E-state index contributed by atoms with van der Waals surface area (Å²) >= 11 is 6.25. The first-order valence-corrected chi connectivity index (χ1v) is 9.67. The van der Waals surface area contributed by atoms with E-state index in [4.69, 9.17) is 21.1 Å². The monoisotopic (exact) mass is 431 g/mol. The van der Waals surface area contributed by atoms with E-state index in [-0.39, 0.29) is 28.5 Å². The minimum atomic E-state index is -0.878. The van der Waals surface area contributed by atoms with E-state index in [1.54, 1.807) is 25.3 Å². The quantitative estimate of drug-likeness (QED) is 0.301. The summed E-state index contributed by atoms with van der Waals surface area (Å²) in [5.74, 6) is -1.55. The first-order chi connectivity index (χ1) is 14.4. The number of halogens is 1. The lowest BCUT2D eigenvalue weighted by Gasteiger charge is -2.25. The van der Waals surface area contributed by atoms with Crippen LogP contribution in [0.5, 0.6) is 11.5 Å². The number of hydrogen-bond donors (Lipinski definition) is 2. The second-order valence-electron chi connectivity index (χ2n) is 6.78. The standard InChI is InChI=1S/C22H22ClNO6/c1-29-10-4-9-24-19(13-5-3-6-14(25)11-13)18(21(27)22(24)28)20(26)16-12-15(30-2)7-8-17(16)23/h3,5-8,11-12,19,25-26H,4,9-10H2,1-2H3/b20-18+. The molecule has 1 saturated heterocycles. The van der Waals surface area contributed by atoms with Crippen molar-refractivity contribution in [3.63, 3.8) is 0 Å². The zero-order valence-corrected chi connectivity index (χ0v) is 17.3. The first kappa shape index (κ1) is 21.7. The maximum absolute atomic E-state index is 12.9. The molecule has 1 heterocycles. The highest BCUT2D eigenvalue weighted by Gasteiger charge is 2.46. The maximum atomic E-state index is 12.9. The number of phenols is 1. The molecule has 1 unspecified atom stereocenters. The number of Topliss-reactive ketones (excluding diaryl/α,β-unsaturated/α-hetero) is 1. The molecule has 30 heavy (non-hydrogen) atoms. The van der Waals surface area contributed by atoms with E-state index in [1.807, 2.05) is 0 Å². The van der Waals surface area contributed by atoms with Gasteiger partial charge in [-0.1, -0.05) is 23.7 Å². The van der Waals surface area contributed by atoms with Crippen LogP contribution in [0.4, 0.5) is 0 Å². The Kier molecular flexibility index (Phi) is 6.64. The molecule has 158 valence electrons. The van der Waals surface area contributed by atoms with Crippen LogP contribution in [0.15, 0.2) is 48.0 Å². The third kappa shape index (κ3) is 4.13. The zero-order valence-electron chi connectivity index (χ0n) is 16.6. The fourth-order valence-corrected chi connectivity index (χ4v) is 3.70.